The standard InChI is InChI=1S/C17H25ClN4O/c18-16-1-2-17(21-20-16)19-15-7-13-10-22(11-14(13)8-15)9-12-3-5-23-6-4-12/h1-2,12-15H,3-11H2,(H,19,21)/t13-,14+,15?. The van der Waals surface area contributed by atoms with E-state index in [4.69, 9.17) is 16.3 Å². The van der Waals surface area contributed by atoms with Crippen LogP contribution in [0.3, 0.4) is 0 Å². The van der Waals surface area contributed by atoms with Gasteiger partial charge in [0.05, 0.1) is 0 Å². The minimum atomic E-state index is 0.447. The maximum absolute atomic E-state index is 5.79. The molecule has 0 amide bonds. The van der Waals surface area contributed by atoms with Crippen molar-refractivity contribution in [2.75, 3.05) is 38.2 Å². The first-order valence-corrected chi connectivity index (χ1v) is 9.20. The fraction of sp³-hybridized carbons (Fsp3) is 0.765. The third-order valence-corrected chi connectivity index (χ3v) is 5.87. The molecule has 1 N–H and O–H groups in total. The molecule has 1 aliphatic carbocycles. The number of fused-ring (bicyclic) bond motifs is 1. The molecular formula is C17H25ClN4O. The summed E-state index contributed by atoms with van der Waals surface area (Å²) in [4.78, 5) is 2.70. The summed E-state index contributed by atoms with van der Waals surface area (Å²) in [5.74, 6) is 3.37. The normalized spacial score (nSPS) is 32.1. The lowest BCUT2D eigenvalue weighted by molar-refractivity contribution is 0.0545. The van der Waals surface area contributed by atoms with Crippen LogP contribution in [-0.4, -0.2) is 54.0 Å². The SMILES string of the molecule is Clc1ccc(NC2C[C@@H]3CN(CC4CCOCC4)C[C@@H]3C2)nn1. The Bertz CT molecular complexity index is 506. The lowest BCUT2D eigenvalue weighted by Crippen LogP contribution is -2.32. The first kappa shape index (κ1) is 15.6. The van der Waals surface area contributed by atoms with Crippen molar-refractivity contribution in [1.82, 2.24) is 15.1 Å². The molecule has 1 aromatic rings. The molecule has 3 heterocycles. The van der Waals surface area contributed by atoms with E-state index in [0.29, 0.717) is 11.2 Å². The second-order valence-corrected chi connectivity index (χ2v) is 7.74. The van der Waals surface area contributed by atoms with E-state index in [2.05, 4.69) is 20.4 Å². The lowest BCUT2D eigenvalue weighted by atomic mass is 10.00. The van der Waals surface area contributed by atoms with Crippen LogP contribution >= 0.6 is 11.6 Å². The Morgan fingerprint density at radius 3 is 2.52 bits per heavy atom. The molecule has 3 fully saturated rings. The molecule has 2 aliphatic heterocycles. The summed E-state index contributed by atoms with van der Waals surface area (Å²) < 4.78 is 5.47. The topological polar surface area (TPSA) is 50.3 Å². The molecule has 3 atom stereocenters. The van der Waals surface area contributed by atoms with Crippen molar-refractivity contribution in [3.05, 3.63) is 17.3 Å². The minimum absolute atomic E-state index is 0.447. The van der Waals surface area contributed by atoms with Gasteiger partial charge in [0, 0.05) is 38.9 Å². The molecule has 0 radical (unpaired) electrons. The molecule has 2 saturated heterocycles. The van der Waals surface area contributed by atoms with Gasteiger partial charge in [-0.15, -0.1) is 10.2 Å². The highest BCUT2D eigenvalue weighted by molar-refractivity contribution is 6.29. The highest BCUT2D eigenvalue weighted by Gasteiger charge is 2.41. The number of nitrogens with zero attached hydrogens (tertiary/aromatic N) is 3. The molecule has 0 spiro atoms. The van der Waals surface area contributed by atoms with Gasteiger partial charge in [0.1, 0.15) is 5.82 Å². The molecule has 0 bridgehead atoms. The fourth-order valence-electron chi connectivity index (χ4n) is 4.56. The summed E-state index contributed by atoms with van der Waals surface area (Å²) in [5, 5.41) is 12.0. The van der Waals surface area contributed by atoms with Crippen molar-refractivity contribution in [2.24, 2.45) is 17.8 Å². The van der Waals surface area contributed by atoms with Crippen LogP contribution < -0.4 is 5.32 Å². The number of ether oxygens (including phenoxy) is 1. The van der Waals surface area contributed by atoms with Gasteiger partial charge in [0.15, 0.2) is 5.15 Å². The van der Waals surface area contributed by atoms with Crippen molar-refractivity contribution < 1.29 is 4.74 Å². The van der Waals surface area contributed by atoms with Crippen LogP contribution in [0.1, 0.15) is 25.7 Å². The van der Waals surface area contributed by atoms with Gasteiger partial charge in [0.25, 0.3) is 0 Å². The van der Waals surface area contributed by atoms with E-state index in [-0.39, 0.29) is 0 Å². The third-order valence-electron chi connectivity index (χ3n) is 5.67. The monoisotopic (exact) mass is 336 g/mol. The van der Waals surface area contributed by atoms with Crippen LogP contribution in [-0.2, 0) is 4.74 Å². The van der Waals surface area contributed by atoms with Gasteiger partial charge < -0.3 is 15.0 Å². The second-order valence-electron chi connectivity index (χ2n) is 7.35. The van der Waals surface area contributed by atoms with Crippen LogP contribution in [0, 0.1) is 17.8 Å². The van der Waals surface area contributed by atoms with Crippen LogP contribution in [0.25, 0.3) is 0 Å². The first-order valence-electron chi connectivity index (χ1n) is 8.82. The summed E-state index contributed by atoms with van der Waals surface area (Å²) in [6.07, 6.45) is 4.98. The predicted molar refractivity (Wildman–Crippen MR) is 90.6 cm³/mol. The molecule has 126 valence electrons. The smallest absolute Gasteiger partial charge is 0.151 e. The number of rotatable bonds is 4. The number of nitrogens with one attached hydrogen (secondary N) is 1. The van der Waals surface area contributed by atoms with E-state index in [1.807, 2.05) is 6.07 Å². The van der Waals surface area contributed by atoms with Crippen LogP contribution in [0.4, 0.5) is 5.82 Å². The van der Waals surface area contributed by atoms with Crippen LogP contribution in [0.5, 0.6) is 0 Å². The van der Waals surface area contributed by atoms with E-state index in [9.17, 15) is 0 Å². The number of hydrogen-bond donors (Lipinski definition) is 1. The van der Waals surface area contributed by atoms with Gasteiger partial charge in [-0.25, -0.2) is 0 Å². The van der Waals surface area contributed by atoms with Gasteiger partial charge in [-0.2, -0.15) is 0 Å². The highest BCUT2D eigenvalue weighted by atomic mass is 35.5. The zero-order valence-corrected chi connectivity index (χ0v) is 14.2. The molecule has 4 rings (SSSR count). The highest BCUT2D eigenvalue weighted by Crippen LogP contribution is 2.39. The van der Waals surface area contributed by atoms with E-state index < -0.39 is 0 Å². The summed E-state index contributed by atoms with van der Waals surface area (Å²) in [6, 6.07) is 4.24. The molecule has 0 aromatic carbocycles. The number of anilines is 1. The second kappa shape index (κ2) is 6.91. The van der Waals surface area contributed by atoms with E-state index >= 15 is 0 Å². The first-order chi connectivity index (χ1) is 11.3. The largest absolute Gasteiger partial charge is 0.381 e. The zero-order chi connectivity index (χ0) is 15.6. The van der Waals surface area contributed by atoms with E-state index in [1.165, 1.54) is 45.3 Å². The van der Waals surface area contributed by atoms with Crippen molar-refractivity contribution in [1.29, 1.82) is 0 Å². The maximum Gasteiger partial charge on any atom is 0.151 e. The number of aromatic nitrogens is 2. The summed E-state index contributed by atoms with van der Waals surface area (Å²) in [7, 11) is 0. The quantitative estimate of drug-likeness (QED) is 0.916. The van der Waals surface area contributed by atoms with Crippen molar-refractivity contribution in [2.45, 2.75) is 31.7 Å². The van der Waals surface area contributed by atoms with Gasteiger partial charge in [0.2, 0.25) is 0 Å². The molecular weight excluding hydrogens is 312 g/mol. The summed E-state index contributed by atoms with van der Waals surface area (Å²) in [5.41, 5.74) is 0. The summed E-state index contributed by atoms with van der Waals surface area (Å²) in [6.45, 7) is 5.73. The van der Waals surface area contributed by atoms with Crippen LogP contribution in [0.15, 0.2) is 12.1 Å². The van der Waals surface area contributed by atoms with Crippen molar-refractivity contribution in [3.63, 3.8) is 0 Å². The van der Waals surface area contributed by atoms with Gasteiger partial charge in [-0.05, 0) is 55.6 Å². The zero-order valence-electron chi connectivity index (χ0n) is 13.5. The Labute approximate surface area is 142 Å². The van der Waals surface area contributed by atoms with E-state index in [0.717, 1.165) is 36.8 Å². The van der Waals surface area contributed by atoms with E-state index in [1.54, 1.807) is 6.07 Å². The average Bonchev–Trinajstić information content (AvgIpc) is 3.08. The molecule has 6 heteroatoms. The molecule has 5 nitrogen and oxygen atoms in total. The minimum Gasteiger partial charge on any atom is -0.381 e. The molecule has 1 unspecified atom stereocenters. The predicted octanol–water partition coefficient (Wildman–Crippen LogP) is 2.68. The molecule has 23 heavy (non-hydrogen) atoms. The molecule has 1 saturated carbocycles. The molecule has 1 aromatic heterocycles. The fourth-order valence-corrected chi connectivity index (χ4v) is 4.66. The van der Waals surface area contributed by atoms with Gasteiger partial charge in [-0.3, -0.25) is 0 Å². The Kier molecular flexibility index (Phi) is 4.69. The third kappa shape index (κ3) is 3.78. The molecule has 3 aliphatic rings. The van der Waals surface area contributed by atoms with Crippen molar-refractivity contribution in [3.8, 4) is 0 Å². The Morgan fingerprint density at radius 2 is 1.87 bits per heavy atom. The van der Waals surface area contributed by atoms with Gasteiger partial charge in [-0.1, -0.05) is 11.6 Å². The van der Waals surface area contributed by atoms with Gasteiger partial charge >= 0.3 is 0 Å². The lowest BCUT2D eigenvalue weighted by Gasteiger charge is -2.27. The van der Waals surface area contributed by atoms with Crippen molar-refractivity contribution >= 4 is 17.4 Å². The van der Waals surface area contributed by atoms with Crippen LogP contribution in [0.2, 0.25) is 5.15 Å². The average molecular weight is 337 g/mol. The maximum atomic E-state index is 5.79. The number of likely N-dealkylation sites (tertiary alicyclic amines) is 1. The Morgan fingerprint density at radius 1 is 1.13 bits per heavy atom. The Hall–Kier alpha value is -0.910. The number of halogens is 1. The Balaban J connectivity index is 1.25. The number of hydrogen-bond acceptors (Lipinski definition) is 5. The summed E-state index contributed by atoms with van der Waals surface area (Å²) >= 11 is 5.79.